The first kappa shape index (κ1) is 20.6. The summed E-state index contributed by atoms with van der Waals surface area (Å²) in [5.41, 5.74) is 6.94. The monoisotopic (exact) mass is 396 g/mol. The first-order valence-corrected chi connectivity index (χ1v) is 10.8. The number of nitrogens with one attached hydrogen (secondary N) is 1. The average molecular weight is 397 g/mol. The number of benzene rings is 2. The van der Waals surface area contributed by atoms with E-state index in [0.717, 1.165) is 26.1 Å². The third-order valence-corrected chi connectivity index (χ3v) is 6.88. The lowest BCUT2D eigenvalue weighted by Crippen LogP contribution is -2.43. The molecule has 0 fully saturated rings. The Kier molecular flexibility index (Phi) is 6.94. The molecule has 0 saturated carbocycles. The van der Waals surface area contributed by atoms with Crippen molar-refractivity contribution in [3.8, 4) is 11.1 Å². The van der Waals surface area contributed by atoms with Crippen LogP contribution in [-0.4, -0.2) is 46.7 Å². The van der Waals surface area contributed by atoms with Crippen LogP contribution in [0.4, 0.5) is 0 Å². The predicted molar refractivity (Wildman–Crippen MR) is 117 cm³/mol. The zero-order valence-electron chi connectivity index (χ0n) is 16.5. The van der Waals surface area contributed by atoms with Crippen LogP contribution in [0.2, 0.25) is 0 Å². The van der Waals surface area contributed by atoms with Gasteiger partial charge in [-0.2, -0.15) is 0 Å². The molecule has 2 aromatic carbocycles. The van der Waals surface area contributed by atoms with Crippen LogP contribution < -0.4 is 5.48 Å². The van der Waals surface area contributed by atoms with Crippen molar-refractivity contribution in [2.45, 2.75) is 24.5 Å². The molecule has 148 valence electrons. The predicted octanol–water partition coefficient (Wildman–Crippen LogP) is 4.46. The number of carbonyl (C=O) groups is 1. The smallest absolute Gasteiger partial charge is 0.259 e. The number of hydrogen-bond acceptors (Lipinski definition) is 4. The van der Waals surface area contributed by atoms with Gasteiger partial charge in [-0.15, -0.1) is 11.8 Å². The minimum absolute atomic E-state index is 0.327. The van der Waals surface area contributed by atoms with Gasteiger partial charge in [0.25, 0.3) is 5.91 Å². The van der Waals surface area contributed by atoms with Gasteiger partial charge in [-0.05, 0) is 48.3 Å². The van der Waals surface area contributed by atoms with Gasteiger partial charge >= 0.3 is 0 Å². The van der Waals surface area contributed by atoms with Gasteiger partial charge in [-0.3, -0.25) is 14.9 Å². The summed E-state index contributed by atoms with van der Waals surface area (Å²) in [6, 6.07) is 19.2. The quantitative estimate of drug-likeness (QED) is 0.536. The first-order valence-electron chi connectivity index (χ1n) is 9.62. The van der Waals surface area contributed by atoms with E-state index in [0.29, 0.717) is 6.42 Å². The fraction of sp³-hybridized carbons (Fsp3) is 0.348. The Labute approximate surface area is 171 Å². The van der Waals surface area contributed by atoms with Crippen LogP contribution in [-0.2, 0) is 4.79 Å². The maximum absolute atomic E-state index is 11.9. The lowest BCUT2D eigenvalue weighted by atomic mass is 9.96. The third kappa shape index (κ3) is 4.85. The van der Waals surface area contributed by atoms with Crippen molar-refractivity contribution in [2.75, 3.05) is 25.9 Å². The summed E-state index contributed by atoms with van der Waals surface area (Å²) < 4.78 is -0.605. The zero-order chi connectivity index (χ0) is 20.0. The molecule has 4 nitrogen and oxygen atoms in total. The normalized spacial score (nSPS) is 16.9. The molecule has 0 radical (unpaired) electrons. The van der Waals surface area contributed by atoms with E-state index in [2.05, 4.69) is 59.5 Å². The number of carbonyl (C=O) groups excluding carboxylic acids is 1. The van der Waals surface area contributed by atoms with Crippen LogP contribution in [0.1, 0.15) is 25.3 Å². The highest BCUT2D eigenvalue weighted by molar-refractivity contribution is 8.00. The Morgan fingerprint density at radius 2 is 1.75 bits per heavy atom. The van der Waals surface area contributed by atoms with Gasteiger partial charge in [-0.25, -0.2) is 5.48 Å². The molecule has 0 aliphatic carbocycles. The summed E-state index contributed by atoms with van der Waals surface area (Å²) in [6.45, 7) is 4.59. The van der Waals surface area contributed by atoms with Crippen molar-refractivity contribution < 1.29 is 10.0 Å². The van der Waals surface area contributed by atoms with Crippen LogP contribution in [0.3, 0.4) is 0 Å². The highest BCUT2D eigenvalue weighted by atomic mass is 32.2. The Balaban J connectivity index is 1.59. The molecular formula is C23H28N2O2S. The summed E-state index contributed by atoms with van der Waals surface area (Å²) in [7, 11) is 0. The summed E-state index contributed by atoms with van der Waals surface area (Å²) in [5.74, 6) is -0.327. The van der Waals surface area contributed by atoms with E-state index >= 15 is 0 Å². The standard InChI is InChI=1S/C23H28N2O2S/c1-23(28-2,22(26)24-27)14-17-25-15-12-21(13-16-25)20-10-8-19(9-11-20)18-6-4-3-5-7-18/h3-12,27H,13-17H2,1-2H3,(H,24,26). The molecule has 3 rings (SSSR count). The number of rotatable bonds is 7. The van der Waals surface area contributed by atoms with Gasteiger partial charge in [0.1, 0.15) is 0 Å². The molecule has 2 N–H and O–H groups in total. The molecule has 28 heavy (non-hydrogen) atoms. The van der Waals surface area contributed by atoms with Crippen LogP contribution in [0, 0.1) is 0 Å². The van der Waals surface area contributed by atoms with Gasteiger partial charge in [0, 0.05) is 19.6 Å². The van der Waals surface area contributed by atoms with Crippen LogP contribution in [0.5, 0.6) is 0 Å². The second kappa shape index (κ2) is 9.41. The van der Waals surface area contributed by atoms with E-state index in [1.165, 1.54) is 34.0 Å². The zero-order valence-corrected chi connectivity index (χ0v) is 17.3. The molecule has 0 spiro atoms. The number of thioether (sulfide) groups is 1. The van der Waals surface area contributed by atoms with Crippen molar-refractivity contribution in [2.24, 2.45) is 0 Å². The van der Waals surface area contributed by atoms with Crippen molar-refractivity contribution in [1.82, 2.24) is 10.4 Å². The number of nitrogens with zero attached hydrogens (tertiary/aromatic N) is 1. The van der Waals surface area contributed by atoms with Crippen molar-refractivity contribution in [3.63, 3.8) is 0 Å². The number of amides is 1. The van der Waals surface area contributed by atoms with Gasteiger partial charge in [-0.1, -0.05) is 60.7 Å². The molecule has 1 amide bonds. The molecule has 0 bridgehead atoms. The Bertz CT molecular complexity index is 820. The lowest BCUT2D eigenvalue weighted by molar-refractivity contribution is -0.131. The Hall–Kier alpha value is -2.08. The van der Waals surface area contributed by atoms with Gasteiger partial charge < -0.3 is 0 Å². The largest absolute Gasteiger partial charge is 0.299 e. The van der Waals surface area contributed by atoms with Gasteiger partial charge in [0.05, 0.1) is 4.75 Å². The van der Waals surface area contributed by atoms with Gasteiger partial charge in [0.15, 0.2) is 0 Å². The molecule has 5 heteroatoms. The van der Waals surface area contributed by atoms with E-state index in [1.807, 2.05) is 19.2 Å². The molecule has 1 atom stereocenters. The summed E-state index contributed by atoms with van der Waals surface area (Å²) >= 11 is 1.48. The first-order chi connectivity index (χ1) is 13.6. The average Bonchev–Trinajstić information content (AvgIpc) is 2.78. The van der Waals surface area contributed by atoms with Crippen molar-refractivity contribution >= 4 is 23.2 Å². The summed E-state index contributed by atoms with van der Waals surface area (Å²) in [5, 5.41) is 8.96. The maximum Gasteiger partial charge on any atom is 0.259 e. The highest BCUT2D eigenvalue weighted by Crippen LogP contribution is 2.29. The fourth-order valence-corrected chi connectivity index (χ4v) is 4.01. The number of hydrogen-bond donors (Lipinski definition) is 2. The fourth-order valence-electron chi connectivity index (χ4n) is 3.48. The molecule has 1 aliphatic heterocycles. The third-order valence-electron chi connectivity index (χ3n) is 5.59. The van der Waals surface area contributed by atoms with E-state index in [1.54, 1.807) is 5.48 Å². The molecule has 1 heterocycles. The second-order valence-electron chi connectivity index (χ2n) is 7.35. The van der Waals surface area contributed by atoms with Crippen LogP contribution in [0.25, 0.3) is 16.7 Å². The van der Waals surface area contributed by atoms with Gasteiger partial charge in [0.2, 0.25) is 0 Å². The molecular weight excluding hydrogens is 368 g/mol. The Morgan fingerprint density at radius 3 is 2.32 bits per heavy atom. The maximum atomic E-state index is 11.9. The molecule has 1 unspecified atom stereocenters. The van der Waals surface area contributed by atoms with E-state index in [9.17, 15) is 4.79 Å². The molecule has 2 aromatic rings. The van der Waals surface area contributed by atoms with Crippen LogP contribution in [0.15, 0.2) is 60.7 Å². The minimum atomic E-state index is -0.605. The van der Waals surface area contributed by atoms with E-state index in [4.69, 9.17) is 5.21 Å². The summed E-state index contributed by atoms with van der Waals surface area (Å²) in [4.78, 5) is 14.3. The Morgan fingerprint density at radius 1 is 1.11 bits per heavy atom. The molecule has 0 aromatic heterocycles. The molecule has 1 aliphatic rings. The van der Waals surface area contributed by atoms with E-state index < -0.39 is 4.75 Å². The topological polar surface area (TPSA) is 52.6 Å². The minimum Gasteiger partial charge on any atom is -0.299 e. The SMILES string of the molecule is CSC(C)(CCN1CC=C(c2ccc(-c3ccccc3)cc2)CC1)C(=O)NO. The lowest BCUT2D eigenvalue weighted by Gasteiger charge is -2.31. The van der Waals surface area contributed by atoms with Crippen LogP contribution >= 0.6 is 11.8 Å². The summed E-state index contributed by atoms with van der Waals surface area (Å²) in [6.07, 6.45) is 5.91. The highest BCUT2D eigenvalue weighted by Gasteiger charge is 2.32. The second-order valence-corrected chi connectivity index (χ2v) is 8.66. The molecule has 0 saturated heterocycles. The van der Waals surface area contributed by atoms with Crippen molar-refractivity contribution in [3.05, 3.63) is 66.2 Å². The number of hydroxylamine groups is 1. The van der Waals surface area contributed by atoms with E-state index in [-0.39, 0.29) is 5.91 Å². The van der Waals surface area contributed by atoms with Crippen molar-refractivity contribution in [1.29, 1.82) is 0 Å².